The van der Waals surface area contributed by atoms with Crippen LogP contribution in [0.3, 0.4) is 0 Å². The second-order valence-electron chi connectivity index (χ2n) is 3.25. The van der Waals surface area contributed by atoms with Crippen LogP contribution >= 0.6 is 0 Å². The van der Waals surface area contributed by atoms with E-state index in [-0.39, 0.29) is 11.1 Å². The van der Waals surface area contributed by atoms with Crippen LogP contribution in [0.25, 0.3) is 0 Å². The van der Waals surface area contributed by atoms with E-state index in [1.54, 1.807) is 0 Å². The van der Waals surface area contributed by atoms with Crippen LogP contribution in [0.4, 0.5) is 13.2 Å². The summed E-state index contributed by atoms with van der Waals surface area (Å²) in [4.78, 5) is 22.4. The molecule has 0 saturated carbocycles. The van der Waals surface area contributed by atoms with Crippen molar-refractivity contribution in [1.29, 1.82) is 0 Å². The van der Waals surface area contributed by atoms with Gasteiger partial charge in [-0.1, -0.05) is 0 Å². The molecule has 0 amide bonds. The molecule has 2 bridgehead atoms. The summed E-state index contributed by atoms with van der Waals surface area (Å²) in [7, 11) is 0. The van der Waals surface area contributed by atoms with Gasteiger partial charge in [0.2, 0.25) is 0 Å². The maximum Gasteiger partial charge on any atom is 0.470 e. The van der Waals surface area contributed by atoms with Crippen molar-refractivity contribution >= 4 is 11.9 Å². The van der Waals surface area contributed by atoms with Crippen molar-refractivity contribution in [1.82, 2.24) is 0 Å². The Morgan fingerprint density at radius 3 is 2.00 bits per heavy atom. The molecule has 7 heteroatoms. The first kappa shape index (κ1) is 11.4. The Labute approximate surface area is 92.9 Å². The standard InChI is InChI=1S/C10H5F3O4/c11-9-10(12,13)17-8(15)6-3-1-5(2-4-6)7(14)16-9/h1-4,9H. The highest BCUT2D eigenvalue weighted by Gasteiger charge is 2.48. The molecule has 3 rings (SSSR count). The Kier molecular flexibility index (Phi) is 2.53. The van der Waals surface area contributed by atoms with Crippen LogP contribution in [0, 0.1) is 0 Å². The van der Waals surface area contributed by atoms with Crippen LogP contribution in [0.2, 0.25) is 0 Å². The van der Waals surface area contributed by atoms with E-state index in [1.165, 1.54) is 0 Å². The molecule has 0 radical (unpaired) electrons. The SMILES string of the molecule is O=C1OC(F)C(F)(F)OC(=O)c2ccc1cc2. The zero-order valence-electron chi connectivity index (χ0n) is 8.15. The normalized spacial score (nSPS) is 22.9. The van der Waals surface area contributed by atoms with Gasteiger partial charge in [0.05, 0.1) is 11.1 Å². The summed E-state index contributed by atoms with van der Waals surface area (Å²) in [6, 6.07) is 4.51. The number of benzene rings is 1. The minimum Gasteiger partial charge on any atom is -0.417 e. The zero-order chi connectivity index (χ0) is 12.6. The van der Waals surface area contributed by atoms with Crippen molar-refractivity contribution in [2.45, 2.75) is 12.5 Å². The first-order chi connectivity index (χ1) is 7.90. The van der Waals surface area contributed by atoms with Crippen LogP contribution in [-0.2, 0) is 9.47 Å². The van der Waals surface area contributed by atoms with Crippen LogP contribution < -0.4 is 0 Å². The molecule has 0 aromatic heterocycles. The van der Waals surface area contributed by atoms with Crippen LogP contribution in [0.1, 0.15) is 20.7 Å². The minimum atomic E-state index is -4.51. The van der Waals surface area contributed by atoms with E-state index in [4.69, 9.17) is 0 Å². The fraction of sp³-hybridized carbons (Fsp3) is 0.200. The van der Waals surface area contributed by atoms with E-state index in [2.05, 4.69) is 9.47 Å². The van der Waals surface area contributed by atoms with Crippen molar-refractivity contribution in [2.75, 3.05) is 0 Å². The number of halogens is 3. The third kappa shape index (κ3) is 2.08. The number of alkyl halides is 3. The fourth-order valence-corrected chi connectivity index (χ4v) is 1.20. The van der Waals surface area contributed by atoms with Gasteiger partial charge in [-0.15, -0.1) is 0 Å². The minimum absolute atomic E-state index is 0.137. The molecular formula is C10H5F3O4. The third-order valence-electron chi connectivity index (χ3n) is 2.06. The molecule has 1 atom stereocenters. The Hall–Kier alpha value is -2.05. The quantitative estimate of drug-likeness (QED) is 0.656. The van der Waals surface area contributed by atoms with E-state index < -0.39 is 24.4 Å². The Bertz CT molecular complexity index is 469. The van der Waals surface area contributed by atoms with Gasteiger partial charge in [-0.05, 0) is 24.3 Å². The highest BCUT2D eigenvalue weighted by atomic mass is 19.3. The lowest BCUT2D eigenvalue weighted by Crippen LogP contribution is -2.39. The second-order valence-corrected chi connectivity index (χ2v) is 3.25. The van der Waals surface area contributed by atoms with Crippen molar-refractivity contribution in [2.24, 2.45) is 0 Å². The van der Waals surface area contributed by atoms with Crippen molar-refractivity contribution in [3.05, 3.63) is 35.4 Å². The molecule has 2 heterocycles. The van der Waals surface area contributed by atoms with Gasteiger partial charge in [0.1, 0.15) is 0 Å². The number of ether oxygens (including phenoxy) is 2. The van der Waals surface area contributed by atoms with Crippen LogP contribution in [-0.4, -0.2) is 24.4 Å². The van der Waals surface area contributed by atoms with Gasteiger partial charge in [-0.2, -0.15) is 13.2 Å². The molecule has 0 fully saturated rings. The summed E-state index contributed by atoms with van der Waals surface area (Å²) < 4.78 is 46.3. The van der Waals surface area contributed by atoms with E-state index in [9.17, 15) is 22.8 Å². The molecule has 2 aliphatic rings. The van der Waals surface area contributed by atoms with Gasteiger partial charge in [0.15, 0.2) is 0 Å². The summed E-state index contributed by atoms with van der Waals surface area (Å²) in [5.74, 6) is -2.66. The van der Waals surface area contributed by atoms with Gasteiger partial charge in [0, 0.05) is 0 Å². The molecule has 0 spiro atoms. The van der Waals surface area contributed by atoms with E-state index in [0.717, 1.165) is 24.3 Å². The highest BCUT2D eigenvalue weighted by Crippen LogP contribution is 2.27. The predicted octanol–water partition coefficient (Wildman–Crippen LogP) is 1.90. The average Bonchev–Trinajstić information content (AvgIpc) is 2.27. The average molecular weight is 246 g/mol. The van der Waals surface area contributed by atoms with Gasteiger partial charge < -0.3 is 9.47 Å². The summed E-state index contributed by atoms with van der Waals surface area (Å²) in [5.41, 5.74) is -0.350. The van der Waals surface area contributed by atoms with Crippen molar-refractivity contribution in [3.8, 4) is 0 Å². The van der Waals surface area contributed by atoms with Crippen LogP contribution in [0.15, 0.2) is 24.3 Å². The Morgan fingerprint density at radius 2 is 1.47 bits per heavy atom. The van der Waals surface area contributed by atoms with Crippen molar-refractivity contribution < 1.29 is 32.2 Å². The number of esters is 2. The first-order valence-electron chi connectivity index (χ1n) is 4.46. The largest absolute Gasteiger partial charge is 0.470 e. The van der Waals surface area contributed by atoms with Crippen LogP contribution in [0.5, 0.6) is 0 Å². The van der Waals surface area contributed by atoms with E-state index >= 15 is 0 Å². The van der Waals surface area contributed by atoms with Gasteiger partial charge in [0.25, 0.3) is 0 Å². The van der Waals surface area contributed by atoms with Gasteiger partial charge >= 0.3 is 24.4 Å². The number of rotatable bonds is 0. The first-order valence-corrected chi connectivity index (χ1v) is 4.46. The third-order valence-corrected chi connectivity index (χ3v) is 2.06. The Balaban J connectivity index is 2.46. The lowest BCUT2D eigenvalue weighted by Gasteiger charge is -2.21. The highest BCUT2D eigenvalue weighted by molar-refractivity contribution is 5.93. The molecule has 90 valence electrons. The van der Waals surface area contributed by atoms with Gasteiger partial charge in [-0.3, -0.25) is 0 Å². The van der Waals surface area contributed by atoms with Gasteiger partial charge in [-0.25, -0.2) is 9.59 Å². The molecule has 1 unspecified atom stereocenters. The maximum absolute atomic E-state index is 12.9. The number of hydrogen-bond donors (Lipinski definition) is 0. The molecule has 17 heavy (non-hydrogen) atoms. The Morgan fingerprint density at radius 1 is 1.00 bits per heavy atom. The second kappa shape index (κ2) is 3.76. The lowest BCUT2D eigenvalue weighted by molar-refractivity contribution is -0.289. The molecule has 1 aromatic rings. The molecule has 1 aromatic carbocycles. The summed E-state index contributed by atoms with van der Waals surface area (Å²) in [5, 5.41) is 0. The molecule has 4 nitrogen and oxygen atoms in total. The number of carbonyl (C=O) groups excluding carboxylic acids is 2. The zero-order valence-corrected chi connectivity index (χ0v) is 8.15. The number of carbonyl (C=O) groups is 2. The fourth-order valence-electron chi connectivity index (χ4n) is 1.20. The maximum atomic E-state index is 12.9. The molecule has 0 N–H and O–H groups in total. The molecule has 0 saturated heterocycles. The smallest absolute Gasteiger partial charge is 0.417 e. The number of hydrogen-bond acceptors (Lipinski definition) is 4. The summed E-state index contributed by atoms with van der Waals surface area (Å²) >= 11 is 0. The van der Waals surface area contributed by atoms with E-state index in [0.29, 0.717) is 0 Å². The summed E-state index contributed by atoms with van der Waals surface area (Å²) in [6.07, 6.45) is -7.85. The topological polar surface area (TPSA) is 52.6 Å². The molecule has 0 aliphatic carbocycles. The molecular weight excluding hydrogens is 241 g/mol. The lowest BCUT2D eigenvalue weighted by atomic mass is 10.1. The van der Waals surface area contributed by atoms with E-state index in [1.807, 2.05) is 0 Å². The van der Waals surface area contributed by atoms with Crippen molar-refractivity contribution in [3.63, 3.8) is 0 Å². The number of fused-ring (bicyclic) bond motifs is 7. The molecule has 2 aliphatic heterocycles. The predicted molar refractivity (Wildman–Crippen MR) is 47.1 cm³/mol. The monoisotopic (exact) mass is 246 g/mol. The summed E-state index contributed by atoms with van der Waals surface area (Å²) in [6.45, 7) is 0.